The molecule has 0 atom stereocenters. The number of aldehydes is 1. The van der Waals surface area contributed by atoms with Crippen LogP contribution in [-0.2, 0) is 17.6 Å². The first-order chi connectivity index (χ1) is 6.01. The van der Waals surface area contributed by atoms with Gasteiger partial charge < -0.3 is 9.32 Å². The molecule has 0 amide bonds. The number of hydrogen-bond acceptors (Lipinski definition) is 4. The Labute approximate surface area is 77.3 Å². The van der Waals surface area contributed by atoms with E-state index in [0.29, 0.717) is 11.7 Å². The monoisotopic (exact) mass is 182 g/mol. The van der Waals surface area contributed by atoms with Gasteiger partial charge in [0.25, 0.3) is 0 Å². The zero-order chi connectivity index (χ0) is 9.90. The largest absolute Gasteiger partial charge is 0.339 e. The minimum atomic E-state index is 0.141. The maximum Gasteiger partial charge on any atom is 0.233 e. The van der Waals surface area contributed by atoms with E-state index in [0.717, 1.165) is 12.7 Å². The van der Waals surface area contributed by atoms with Crippen LogP contribution in [0.3, 0.4) is 0 Å². The van der Waals surface area contributed by atoms with Gasteiger partial charge in [0, 0.05) is 6.42 Å². The van der Waals surface area contributed by atoms with Crippen LogP contribution in [0.25, 0.3) is 0 Å². The Balaban J connectivity index is 2.63. The summed E-state index contributed by atoms with van der Waals surface area (Å²) in [7, 11) is 0. The average molecular weight is 182 g/mol. The molecule has 72 valence electrons. The van der Waals surface area contributed by atoms with Crippen LogP contribution in [0.2, 0.25) is 0 Å². The molecule has 0 fully saturated rings. The third-order valence-corrected chi connectivity index (χ3v) is 1.46. The van der Waals surface area contributed by atoms with E-state index in [-0.39, 0.29) is 11.8 Å². The predicted molar refractivity (Wildman–Crippen MR) is 47.2 cm³/mol. The lowest BCUT2D eigenvalue weighted by atomic mass is 9.92. The molecule has 0 aromatic carbocycles. The summed E-state index contributed by atoms with van der Waals surface area (Å²) in [5.41, 5.74) is 0.141. The fourth-order valence-electron chi connectivity index (χ4n) is 0.990. The molecule has 13 heavy (non-hydrogen) atoms. The Morgan fingerprint density at radius 1 is 1.46 bits per heavy atom. The molecule has 0 bridgehead atoms. The summed E-state index contributed by atoms with van der Waals surface area (Å²) in [6, 6.07) is 0. The van der Waals surface area contributed by atoms with E-state index < -0.39 is 0 Å². The van der Waals surface area contributed by atoms with Gasteiger partial charge in [-0.1, -0.05) is 25.9 Å². The number of carbonyl (C=O) groups is 1. The molecule has 0 radical (unpaired) electrons. The second kappa shape index (κ2) is 3.68. The SMILES string of the molecule is CC(C)(C)Cc1noc(CC=O)n1. The molecule has 0 saturated heterocycles. The molecule has 0 saturated carbocycles. The summed E-state index contributed by atoms with van der Waals surface area (Å²) in [4.78, 5) is 14.2. The minimum absolute atomic E-state index is 0.141. The highest BCUT2D eigenvalue weighted by molar-refractivity contribution is 5.52. The van der Waals surface area contributed by atoms with Crippen LogP contribution in [0.5, 0.6) is 0 Å². The van der Waals surface area contributed by atoms with Crippen molar-refractivity contribution in [2.24, 2.45) is 5.41 Å². The second-order valence-electron chi connectivity index (χ2n) is 4.21. The lowest BCUT2D eigenvalue weighted by Crippen LogP contribution is -2.10. The van der Waals surface area contributed by atoms with Gasteiger partial charge in [-0.3, -0.25) is 0 Å². The Bertz CT molecular complexity index is 286. The molecule has 0 N–H and O–H groups in total. The second-order valence-corrected chi connectivity index (χ2v) is 4.21. The minimum Gasteiger partial charge on any atom is -0.339 e. The topological polar surface area (TPSA) is 56.0 Å². The Hall–Kier alpha value is -1.19. The number of aromatic nitrogens is 2. The first-order valence-corrected chi connectivity index (χ1v) is 4.26. The van der Waals surface area contributed by atoms with E-state index >= 15 is 0 Å². The van der Waals surface area contributed by atoms with Crippen molar-refractivity contribution in [3.63, 3.8) is 0 Å². The van der Waals surface area contributed by atoms with Crippen molar-refractivity contribution in [3.05, 3.63) is 11.7 Å². The van der Waals surface area contributed by atoms with Crippen LogP contribution in [0, 0.1) is 5.41 Å². The molecular formula is C9H14N2O2. The van der Waals surface area contributed by atoms with Gasteiger partial charge in [-0.25, -0.2) is 0 Å². The fourth-order valence-corrected chi connectivity index (χ4v) is 0.990. The Kier molecular flexibility index (Phi) is 2.80. The van der Waals surface area contributed by atoms with Gasteiger partial charge in [0.2, 0.25) is 5.89 Å². The van der Waals surface area contributed by atoms with Gasteiger partial charge in [0.05, 0.1) is 6.42 Å². The van der Waals surface area contributed by atoms with E-state index in [1.165, 1.54) is 0 Å². The third-order valence-electron chi connectivity index (χ3n) is 1.46. The predicted octanol–water partition coefficient (Wildman–Crippen LogP) is 1.40. The maximum absolute atomic E-state index is 10.1. The molecule has 0 unspecified atom stereocenters. The molecule has 0 aliphatic carbocycles. The first-order valence-electron chi connectivity index (χ1n) is 4.26. The van der Waals surface area contributed by atoms with Gasteiger partial charge >= 0.3 is 0 Å². The van der Waals surface area contributed by atoms with Crippen LogP contribution < -0.4 is 0 Å². The lowest BCUT2D eigenvalue weighted by molar-refractivity contribution is -0.107. The van der Waals surface area contributed by atoms with Gasteiger partial charge in [-0.15, -0.1) is 0 Å². The molecule has 4 nitrogen and oxygen atoms in total. The Morgan fingerprint density at radius 2 is 2.15 bits per heavy atom. The van der Waals surface area contributed by atoms with Crippen molar-refractivity contribution < 1.29 is 9.32 Å². The maximum atomic E-state index is 10.1. The highest BCUT2D eigenvalue weighted by Crippen LogP contribution is 2.18. The normalized spacial score (nSPS) is 11.6. The van der Waals surface area contributed by atoms with Crippen molar-refractivity contribution in [1.29, 1.82) is 0 Å². The molecule has 1 rings (SSSR count). The zero-order valence-electron chi connectivity index (χ0n) is 8.20. The van der Waals surface area contributed by atoms with Crippen LogP contribution >= 0.6 is 0 Å². The smallest absolute Gasteiger partial charge is 0.233 e. The van der Waals surface area contributed by atoms with Gasteiger partial charge in [-0.05, 0) is 5.41 Å². The van der Waals surface area contributed by atoms with Crippen LogP contribution in [0.1, 0.15) is 32.5 Å². The van der Waals surface area contributed by atoms with E-state index in [1.54, 1.807) is 0 Å². The van der Waals surface area contributed by atoms with E-state index in [4.69, 9.17) is 4.52 Å². The summed E-state index contributed by atoms with van der Waals surface area (Å²) in [6.45, 7) is 6.30. The van der Waals surface area contributed by atoms with Gasteiger partial charge in [0.1, 0.15) is 6.29 Å². The number of rotatable bonds is 3. The van der Waals surface area contributed by atoms with Crippen molar-refractivity contribution in [2.45, 2.75) is 33.6 Å². The average Bonchev–Trinajstić information content (AvgIpc) is 2.33. The van der Waals surface area contributed by atoms with Crippen LogP contribution in [-0.4, -0.2) is 16.4 Å². The molecular weight excluding hydrogens is 168 g/mol. The summed E-state index contributed by atoms with van der Waals surface area (Å²) in [5.74, 6) is 1.07. The van der Waals surface area contributed by atoms with Crippen LogP contribution in [0.15, 0.2) is 4.52 Å². The molecule has 0 spiro atoms. The Morgan fingerprint density at radius 3 is 2.69 bits per heavy atom. The quantitative estimate of drug-likeness (QED) is 0.663. The van der Waals surface area contributed by atoms with Crippen molar-refractivity contribution >= 4 is 6.29 Å². The summed E-state index contributed by atoms with van der Waals surface area (Å²) >= 11 is 0. The van der Waals surface area contributed by atoms with Crippen molar-refractivity contribution in [2.75, 3.05) is 0 Å². The molecule has 0 aliphatic rings. The summed E-state index contributed by atoms with van der Waals surface area (Å²) in [5, 5.41) is 3.78. The van der Waals surface area contributed by atoms with E-state index in [2.05, 4.69) is 30.9 Å². The fraction of sp³-hybridized carbons (Fsp3) is 0.667. The van der Waals surface area contributed by atoms with Gasteiger partial charge in [-0.2, -0.15) is 4.98 Å². The van der Waals surface area contributed by atoms with Crippen LogP contribution in [0.4, 0.5) is 0 Å². The zero-order valence-corrected chi connectivity index (χ0v) is 8.20. The number of carbonyl (C=O) groups excluding carboxylic acids is 1. The molecule has 1 aromatic heterocycles. The third kappa shape index (κ3) is 3.36. The van der Waals surface area contributed by atoms with E-state index in [1.807, 2.05) is 0 Å². The molecule has 1 heterocycles. The first kappa shape index (κ1) is 9.89. The van der Waals surface area contributed by atoms with E-state index in [9.17, 15) is 4.79 Å². The molecule has 0 aliphatic heterocycles. The lowest BCUT2D eigenvalue weighted by Gasteiger charge is -2.14. The highest BCUT2D eigenvalue weighted by atomic mass is 16.5. The molecule has 1 aromatic rings. The standard InChI is InChI=1S/C9H14N2O2/c1-9(2,3)6-7-10-8(4-5-12)13-11-7/h5H,4,6H2,1-3H3. The van der Waals surface area contributed by atoms with Crippen molar-refractivity contribution in [1.82, 2.24) is 10.1 Å². The van der Waals surface area contributed by atoms with Gasteiger partial charge in [0.15, 0.2) is 5.82 Å². The van der Waals surface area contributed by atoms with Crippen molar-refractivity contribution in [3.8, 4) is 0 Å². The number of hydrogen-bond donors (Lipinski definition) is 0. The highest BCUT2D eigenvalue weighted by Gasteiger charge is 2.15. The molecule has 4 heteroatoms. The summed E-state index contributed by atoms with van der Waals surface area (Å²) in [6.07, 6.45) is 1.72. The number of nitrogens with zero attached hydrogens (tertiary/aromatic N) is 2. The summed E-state index contributed by atoms with van der Waals surface area (Å²) < 4.78 is 4.86.